The number of aromatic nitrogens is 1. The molecule has 3 nitrogen and oxygen atoms in total. The Bertz CT molecular complexity index is 240. The fourth-order valence-electron chi connectivity index (χ4n) is 0.999. The van der Waals surface area contributed by atoms with Gasteiger partial charge in [-0.1, -0.05) is 19.0 Å². The molecule has 68 valence electrons. The summed E-state index contributed by atoms with van der Waals surface area (Å²) in [5.41, 5.74) is 1.00. The third-order valence-electron chi connectivity index (χ3n) is 1.62. The Morgan fingerprint density at radius 3 is 2.58 bits per heavy atom. The van der Waals surface area contributed by atoms with Gasteiger partial charge in [0, 0.05) is 18.5 Å². The van der Waals surface area contributed by atoms with E-state index in [0.29, 0.717) is 5.92 Å². The van der Waals surface area contributed by atoms with E-state index in [4.69, 9.17) is 4.52 Å². The Morgan fingerprint density at radius 1 is 1.50 bits per heavy atom. The molecular weight excluding hydrogens is 152 g/mol. The van der Waals surface area contributed by atoms with Crippen molar-refractivity contribution in [3.8, 4) is 0 Å². The maximum absolute atomic E-state index is 5.15. The van der Waals surface area contributed by atoms with Gasteiger partial charge >= 0.3 is 0 Å². The highest BCUT2D eigenvalue weighted by Crippen LogP contribution is 2.15. The molecular formula is C9H16N2O. The van der Waals surface area contributed by atoms with E-state index in [1.54, 1.807) is 0 Å². The Kier molecular flexibility index (Phi) is 2.87. The van der Waals surface area contributed by atoms with Gasteiger partial charge in [-0.25, -0.2) is 0 Å². The second-order valence-electron chi connectivity index (χ2n) is 3.61. The average molecular weight is 168 g/mol. The molecule has 3 heteroatoms. The third-order valence-corrected chi connectivity index (χ3v) is 1.62. The Balaban J connectivity index is 2.64. The first kappa shape index (κ1) is 9.26. The Morgan fingerprint density at radius 2 is 2.17 bits per heavy atom. The lowest BCUT2D eigenvalue weighted by Gasteiger charge is -2.04. The minimum atomic E-state index is 0.424. The molecule has 0 aromatic carbocycles. The van der Waals surface area contributed by atoms with Crippen LogP contribution in [0, 0.1) is 0 Å². The van der Waals surface area contributed by atoms with Gasteiger partial charge in [0.05, 0.1) is 5.69 Å². The fourth-order valence-corrected chi connectivity index (χ4v) is 0.999. The van der Waals surface area contributed by atoms with E-state index < -0.39 is 0 Å². The molecule has 0 spiro atoms. The highest BCUT2D eigenvalue weighted by Gasteiger charge is 2.07. The fraction of sp³-hybridized carbons (Fsp3) is 0.667. The second kappa shape index (κ2) is 3.72. The minimum absolute atomic E-state index is 0.424. The summed E-state index contributed by atoms with van der Waals surface area (Å²) in [5.74, 6) is 1.39. The monoisotopic (exact) mass is 168 g/mol. The molecule has 1 rings (SSSR count). The SMILES string of the molecule is CC(C)c1cc(CN(C)C)no1. The summed E-state index contributed by atoms with van der Waals surface area (Å²) in [5, 5.41) is 3.96. The summed E-state index contributed by atoms with van der Waals surface area (Å²) in [4.78, 5) is 2.07. The van der Waals surface area contributed by atoms with Crippen LogP contribution in [0.5, 0.6) is 0 Å². The van der Waals surface area contributed by atoms with E-state index in [2.05, 4.69) is 23.9 Å². The van der Waals surface area contributed by atoms with Crippen molar-refractivity contribution in [2.75, 3.05) is 14.1 Å². The molecule has 0 radical (unpaired) electrons. The molecule has 0 N–H and O–H groups in total. The van der Waals surface area contributed by atoms with E-state index in [1.165, 1.54) is 0 Å². The first-order chi connectivity index (χ1) is 5.59. The van der Waals surface area contributed by atoms with Gasteiger partial charge < -0.3 is 9.42 Å². The van der Waals surface area contributed by atoms with Crippen molar-refractivity contribution in [2.45, 2.75) is 26.3 Å². The van der Waals surface area contributed by atoms with Gasteiger partial charge in [0.2, 0.25) is 0 Å². The van der Waals surface area contributed by atoms with Crippen LogP contribution in [0.15, 0.2) is 10.6 Å². The number of nitrogens with zero attached hydrogens (tertiary/aromatic N) is 2. The molecule has 1 aromatic heterocycles. The molecule has 1 aromatic rings. The van der Waals surface area contributed by atoms with Gasteiger partial charge in [-0.05, 0) is 14.1 Å². The van der Waals surface area contributed by atoms with Crippen LogP contribution < -0.4 is 0 Å². The van der Waals surface area contributed by atoms with Crippen LogP contribution in [0.1, 0.15) is 31.2 Å². The predicted molar refractivity (Wildman–Crippen MR) is 48.0 cm³/mol. The minimum Gasteiger partial charge on any atom is -0.361 e. The lowest BCUT2D eigenvalue weighted by Crippen LogP contribution is -2.10. The largest absolute Gasteiger partial charge is 0.361 e. The molecule has 12 heavy (non-hydrogen) atoms. The molecule has 0 aliphatic rings. The summed E-state index contributed by atoms with van der Waals surface area (Å²) >= 11 is 0. The van der Waals surface area contributed by atoms with E-state index in [-0.39, 0.29) is 0 Å². The van der Waals surface area contributed by atoms with Crippen LogP contribution in [0.25, 0.3) is 0 Å². The topological polar surface area (TPSA) is 29.3 Å². The molecule has 0 bridgehead atoms. The van der Waals surface area contributed by atoms with Crippen molar-refractivity contribution in [2.24, 2.45) is 0 Å². The zero-order valence-electron chi connectivity index (χ0n) is 8.16. The van der Waals surface area contributed by atoms with Crippen molar-refractivity contribution < 1.29 is 4.52 Å². The zero-order chi connectivity index (χ0) is 9.14. The lowest BCUT2D eigenvalue weighted by molar-refractivity contribution is 0.343. The molecule has 0 aliphatic heterocycles. The highest BCUT2D eigenvalue weighted by atomic mass is 16.5. The summed E-state index contributed by atoms with van der Waals surface area (Å²) in [7, 11) is 4.04. The van der Waals surface area contributed by atoms with Crippen LogP contribution in [0.4, 0.5) is 0 Å². The first-order valence-corrected chi connectivity index (χ1v) is 4.20. The van der Waals surface area contributed by atoms with Gasteiger partial charge in [0.1, 0.15) is 5.76 Å². The summed E-state index contributed by atoms with van der Waals surface area (Å²) in [6, 6.07) is 2.02. The maximum Gasteiger partial charge on any atom is 0.139 e. The normalized spacial score (nSPS) is 11.5. The van der Waals surface area contributed by atoms with Gasteiger partial charge in [-0.15, -0.1) is 0 Å². The standard InChI is InChI=1S/C9H16N2O/c1-7(2)9-5-8(10-12-9)6-11(3)4/h5,7H,6H2,1-4H3. The van der Waals surface area contributed by atoms with Crippen molar-refractivity contribution in [1.29, 1.82) is 0 Å². The van der Waals surface area contributed by atoms with Crippen molar-refractivity contribution in [1.82, 2.24) is 10.1 Å². The van der Waals surface area contributed by atoms with Gasteiger partial charge in [-0.3, -0.25) is 0 Å². The first-order valence-electron chi connectivity index (χ1n) is 4.20. The highest BCUT2D eigenvalue weighted by molar-refractivity contribution is 5.08. The third kappa shape index (κ3) is 2.34. The van der Waals surface area contributed by atoms with Gasteiger partial charge in [-0.2, -0.15) is 0 Å². The molecule has 0 amide bonds. The van der Waals surface area contributed by atoms with Crippen molar-refractivity contribution in [3.63, 3.8) is 0 Å². The molecule has 0 saturated carbocycles. The van der Waals surface area contributed by atoms with Crippen molar-refractivity contribution in [3.05, 3.63) is 17.5 Å². The molecule has 0 unspecified atom stereocenters. The van der Waals surface area contributed by atoms with Crippen LogP contribution in [-0.4, -0.2) is 24.2 Å². The van der Waals surface area contributed by atoms with E-state index in [9.17, 15) is 0 Å². The second-order valence-corrected chi connectivity index (χ2v) is 3.61. The van der Waals surface area contributed by atoms with Crippen LogP contribution in [0.3, 0.4) is 0 Å². The average Bonchev–Trinajstić information content (AvgIpc) is 2.34. The smallest absolute Gasteiger partial charge is 0.139 e. The van der Waals surface area contributed by atoms with Crippen LogP contribution >= 0.6 is 0 Å². The summed E-state index contributed by atoms with van der Waals surface area (Å²) in [6.07, 6.45) is 0. The zero-order valence-corrected chi connectivity index (χ0v) is 8.16. The number of rotatable bonds is 3. The predicted octanol–water partition coefficient (Wildman–Crippen LogP) is 1.86. The Hall–Kier alpha value is -0.830. The number of hydrogen-bond donors (Lipinski definition) is 0. The molecule has 0 saturated heterocycles. The van der Waals surface area contributed by atoms with Crippen molar-refractivity contribution >= 4 is 0 Å². The molecule has 0 atom stereocenters. The van der Waals surface area contributed by atoms with E-state index in [1.807, 2.05) is 20.2 Å². The maximum atomic E-state index is 5.15. The van der Waals surface area contributed by atoms with E-state index >= 15 is 0 Å². The van der Waals surface area contributed by atoms with Gasteiger partial charge in [0.25, 0.3) is 0 Å². The number of hydrogen-bond acceptors (Lipinski definition) is 3. The molecule has 0 fully saturated rings. The van der Waals surface area contributed by atoms with Gasteiger partial charge in [0.15, 0.2) is 0 Å². The molecule has 1 heterocycles. The van der Waals surface area contributed by atoms with Crippen LogP contribution in [0.2, 0.25) is 0 Å². The summed E-state index contributed by atoms with van der Waals surface area (Å²) in [6.45, 7) is 5.04. The van der Waals surface area contributed by atoms with Crippen LogP contribution in [-0.2, 0) is 6.54 Å². The quantitative estimate of drug-likeness (QED) is 0.690. The molecule has 0 aliphatic carbocycles. The lowest BCUT2D eigenvalue weighted by atomic mass is 10.1. The Labute approximate surface area is 73.3 Å². The summed E-state index contributed by atoms with van der Waals surface area (Å²) < 4.78 is 5.15. The van der Waals surface area contributed by atoms with E-state index in [0.717, 1.165) is 18.0 Å².